The molecule has 0 fully saturated rings. The van der Waals surface area contributed by atoms with Crippen LogP contribution in [0.5, 0.6) is 0 Å². The van der Waals surface area contributed by atoms with Crippen molar-refractivity contribution in [2.45, 2.75) is 18.9 Å². The molecular weight excluding hydrogens is 186 g/mol. The smallest absolute Gasteiger partial charge is 0.0785 e. The molecular formula is C9H21NO2S. The van der Waals surface area contributed by atoms with Gasteiger partial charge in [-0.2, -0.15) is 11.8 Å². The van der Waals surface area contributed by atoms with Crippen molar-refractivity contribution in [2.24, 2.45) is 0 Å². The minimum Gasteiger partial charge on any atom is -0.391 e. The minimum absolute atomic E-state index is 0.321. The summed E-state index contributed by atoms with van der Waals surface area (Å²) < 4.78 is 4.82. The van der Waals surface area contributed by atoms with Gasteiger partial charge in [-0.3, -0.25) is 0 Å². The molecule has 2 N–H and O–H groups in total. The zero-order chi connectivity index (χ0) is 9.94. The highest BCUT2D eigenvalue weighted by Crippen LogP contribution is 1.94. The van der Waals surface area contributed by atoms with Crippen LogP contribution in [-0.4, -0.2) is 50.0 Å². The monoisotopic (exact) mass is 207 g/mol. The molecule has 1 atom stereocenters. The molecule has 13 heavy (non-hydrogen) atoms. The van der Waals surface area contributed by atoms with E-state index in [0.29, 0.717) is 6.61 Å². The molecule has 0 saturated heterocycles. The third-order valence-electron chi connectivity index (χ3n) is 1.72. The fourth-order valence-corrected chi connectivity index (χ4v) is 1.44. The molecule has 0 bridgehead atoms. The Morgan fingerprint density at radius 3 is 2.85 bits per heavy atom. The fraction of sp³-hybridized carbons (Fsp3) is 1.00. The van der Waals surface area contributed by atoms with E-state index in [1.54, 1.807) is 7.11 Å². The van der Waals surface area contributed by atoms with Crippen LogP contribution in [0.25, 0.3) is 0 Å². The summed E-state index contributed by atoms with van der Waals surface area (Å²) in [5.41, 5.74) is 0. The van der Waals surface area contributed by atoms with Crippen LogP contribution in [0.4, 0.5) is 0 Å². The molecule has 1 unspecified atom stereocenters. The number of nitrogens with one attached hydrogen (secondary N) is 1. The minimum atomic E-state index is -0.321. The Labute approximate surface area is 85.2 Å². The third kappa shape index (κ3) is 10.1. The average Bonchev–Trinajstić information content (AvgIpc) is 2.11. The van der Waals surface area contributed by atoms with Crippen LogP contribution in [0.3, 0.4) is 0 Å². The van der Waals surface area contributed by atoms with Crippen LogP contribution in [0, 0.1) is 0 Å². The predicted molar refractivity (Wildman–Crippen MR) is 58.4 cm³/mol. The lowest BCUT2D eigenvalue weighted by Gasteiger charge is -2.09. The zero-order valence-electron chi connectivity index (χ0n) is 8.58. The number of ether oxygens (including phenoxy) is 1. The Balaban J connectivity index is 2.97. The van der Waals surface area contributed by atoms with Crippen molar-refractivity contribution in [1.82, 2.24) is 5.32 Å². The largest absolute Gasteiger partial charge is 0.391 e. The highest BCUT2D eigenvalue weighted by molar-refractivity contribution is 7.98. The third-order valence-corrected chi connectivity index (χ3v) is 2.41. The van der Waals surface area contributed by atoms with Gasteiger partial charge in [-0.05, 0) is 37.9 Å². The average molecular weight is 207 g/mol. The summed E-state index contributed by atoms with van der Waals surface area (Å²) >= 11 is 1.86. The maximum atomic E-state index is 9.28. The molecule has 0 saturated carbocycles. The Morgan fingerprint density at radius 1 is 1.46 bits per heavy atom. The van der Waals surface area contributed by atoms with Crippen LogP contribution in [0.1, 0.15) is 12.8 Å². The van der Waals surface area contributed by atoms with Gasteiger partial charge in [0.25, 0.3) is 0 Å². The Hall–Kier alpha value is 0.230. The van der Waals surface area contributed by atoms with Gasteiger partial charge in [-0.25, -0.2) is 0 Å². The van der Waals surface area contributed by atoms with Crippen molar-refractivity contribution < 1.29 is 9.84 Å². The van der Waals surface area contributed by atoms with Gasteiger partial charge in [-0.1, -0.05) is 0 Å². The quantitative estimate of drug-likeness (QED) is 0.547. The normalized spacial score (nSPS) is 13.2. The van der Waals surface area contributed by atoms with E-state index in [4.69, 9.17) is 4.74 Å². The molecule has 0 radical (unpaired) electrons. The first-order chi connectivity index (χ1) is 6.31. The van der Waals surface area contributed by atoms with Crippen molar-refractivity contribution in [2.75, 3.05) is 38.8 Å². The standard InChI is InChI=1S/C9H21NO2S/c1-12-8-9(11)4-6-10-5-3-7-13-2/h9-11H,3-8H2,1-2H3. The van der Waals surface area contributed by atoms with Crippen molar-refractivity contribution in [3.63, 3.8) is 0 Å². The van der Waals surface area contributed by atoms with Crippen molar-refractivity contribution in [3.05, 3.63) is 0 Å². The van der Waals surface area contributed by atoms with E-state index >= 15 is 0 Å². The van der Waals surface area contributed by atoms with E-state index in [0.717, 1.165) is 19.5 Å². The summed E-state index contributed by atoms with van der Waals surface area (Å²) in [5, 5.41) is 12.6. The van der Waals surface area contributed by atoms with Gasteiger partial charge >= 0.3 is 0 Å². The number of aliphatic hydroxyl groups excluding tert-OH is 1. The molecule has 0 aliphatic heterocycles. The van der Waals surface area contributed by atoms with Gasteiger partial charge in [0.1, 0.15) is 0 Å². The van der Waals surface area contributed by atoms with Gasteiger partial charge in [0.15, 0.2) is 0 Å². The summed E-state index contributed by atoms with van der Waals surface area (Å²) in [6.45, 7) is 2.35. The van der Waals surface area contributed by atoms with Crippen molar-refractivity contribution in [1.29, 1.82) is 0 Å². The van der Waals surface area contributed by atoms with Gasteiger partial charge in [0, 0.05) is 7.11 Å². The maximum Gasteiger partial charge on any atom is 0.0785 e. The van der Waals surface area contributed by atoms with E-state index in [1.165, 1.54) is 12.2 Å². The summed E-state index contributed by atoms with van der Waals surface area (Å²) in [6.07, 6.45) is 3.76. The van der Waals surface area contributed by atoms with Crippen molar-refractivity contribution in [3.8, 4) is 0 Å². The van der Waals surface area contributed by atoms with E-state index in [-0.39, 0.29) is 6.10 Å². The molecule has 80 valence electrons. The van der Waals surface area contributed by atoms with Crippen LogP contribution >= 0.6 is 11.8 Å². The lowest BCUT2D eigenvalue weighted by molar-refractivity contribution is 0.0595. The van der Waals surface area contributed by atoms with E-state index in [2.05, 4.69) is 11.6 Å². The van der Waals surface area contributed by atoms with Gasteiger partial charge in [-0.15, -0.1) is 0 Å². The molecule has 0 aromatic heterocycles. The van der Waals surface area contributed by atoms with Gasteiger partial charge in [0.2, 0.25) is 0 Å². The number of thioether (sulfide) groups is 1. The first-order valence-corrected chi connectivity index (χ1v) is 6.07. The molecule has 0 aliphatic carbocycles. The van der Waals surface area contributed by atoms with Gasteiger partial charge < -0.3 is 15.2 Å². The number of aliphatic hydroxyl groups is 1. The lowest BCUT2D eigenvalue weighted by atomic mass is 10.2. The molecule has 0 spiro atoms. The summed E-state index contributed by atoms with van der Waals surface area (Å²) in [5.74, 6) is 1.20. The van der Waals surface area contributed by atoms with E-state index < -0.39 is 0 Å². The second-order valence-corrected chi connectivity index (χ2v) is 3.98. The second kappa shape index (κ2) is 10.3. The highest BCUT2D eigenvalue weighted by atomic mass is 32.2. The van der Waals surface area contributed by atoms with E-state index in [9.17, 15) is 5.11 Å². The second-order valence-electron chi connectivity index (χ2n) is 2.99. The Morgan fingerprint density at radius 2 is 2.23 bits per heavy atom. The van der Waals surface area contributed by atoms with E-state index in [1.807, 2.05) is 11.8 Å². The Kier molecular flexibility index (Phi) is 10.5. The van der Waals surface area contributed by atoms with Crippen LogP contribution in [-0.2, 0) is 4.74 Å². The molecule has 0 amide bonds. The molecule has 3 nitrogen and oxygen atoms in total. The zero-order valence-corrected chi connectivity index (χ0v) is 9.40. The summed E-state index contributed by atoms with van der Waals surface area (Å²) in [6, 6.07) is 0. The molecule has 0 aromatic carbocycles. The molecule has 4 heteroatoms. The first-order valence-electron chi connectivity index (χ1n) is 4.68. The Bertz CT molecular complexity index is 104. The molecule has 0 rings (SSSR count). The van der Waals surface area contributed by atoms with Crippen LogP contribution in [0.15, 0.2) is 0 Å². The summed E-state index contributed by atoms with van der Waals surface area (Å²) in [4.78, 5) is 0. The fourth-order valence-electron chi connectivity index (χ4n) is 1.01. The molecule has 0 heterocycles. The van der Waals surface area contributed by atoms with Crippen molar-refractivity contribution >= 4 is 11.8 Å². The number of hydrogen-bond acceptors (Lipinski definition) is 4. The molecule has 0 aliphatic rings. The first kappa shape index (κ1) is 13.2. The SMILES string of the molecule is COCC(O)CCNCCCSC. The number of hydrogen-bond donors (Lipinski definition) is 2. The number of methoxy groups -OCH3 is 1. The molecule has 0 aromatic rings. The van der Waals surface area contributed by atoms with Crippen LogP contribution in [0.2, 0.25) is 0 Å². The van der Waals surface area contributed by atoms with Gasteiger partial charge in [0.05, 0.1) is 12.7 Å². The van der Waals surface area contributed by atoms with Crippen LogP contribution < -0.4 is 5.32 Å². The maximum absolute atomic E-state index is 9.28. The highest BCUT2D eigenvalue weighted by Gasteiger charge is 2.01. The predicted octanol–water partition coefficient (Wildman–Crippen LogP) is 0.726. The lowest BCUT2D eigenvalue weighted by Crippen LogP contribution is -2.24. The summed E-state index contributed by atoms with van der Waals surface area (Å²) in [7, 11) is 1.61. The topological polar surface area (TPSA) is 41.5 Å². The number of rotatable bonds is 9.